The van der Waals surface area contributed by atoms with Gasteiger partial charge in [-0.3, -0.25) is 0 Å². The first-order valence-corrected chi connectivity index (χ1v) is 31.7. The summed E-state index contributed by atoms with van der Waals surface area (Å²) in [4.78, 5) is 0. The first-order valence-electron chi connectivity index (χ1n) is 31.7. The van der Waals surface area contributed by atoms with Crippen molar-refractivity contribution in [1.82, 2.24) is 0 Å². The van der Waals surface area contributed by atoms with Crippen LogP contribution in [0.25, 0.3) is 0 Å². The predicted octanol–water partition coefficient (Wildman–Crippen LogP) is -20.6. The summed E-state index contributed by atoms with van der Waals surface area (Å²) in [6.45, 7) is -9.27. The van der Waals surface area contributed by atoms with E-state index in [1.54, 1.807) is 0 Å². The van der Waals surface area contributed by atoms with E-state index in [-0.39, 0.29) is 0 Å². The molecule has 0 radical (unpaired) electrons. The van der Waals surface area contributed by atoms with E-state index in [1.165, 1.54) is 0 Å². The first-order chi connectivity index (χ1) is 47.4. The number of aliphatic hydroxyl groups excluding tert-OH is 29. The maximum atomic E-state index is 11.9. The van der Waals surface area contributed by atoms with E-state index in [1.807, 2.05) is 0 Å². The Hall–Kier alpha value is -1.84. The Morgan fingerprint density at radius 1 is 0.170 bits per heavy atom. The van der Waals surface area contributed by atoms with Gasteiger partial charge < -0.3 is 229 Å². The molecule has 0 aromatic carbocycles. The Labute approximate surface area is 563 Å². The molecule has 100 heavy (non-hydrogen) atoms. The highest BCUT2D eigenvalue weighted by Crippen LogP contribution is 2.40. The number of hydrogen-bond donors (Lipinski definition) is 29. The van der Waals surface area contributed by atoms with Crippen LogP contribution < -0.4 is 0 Å². The summed E-state index contributed by atoms with van der Waals surface area (Å²) >= 11 is 0. The Morgan fingerprint density at radius 2 is 0.360 bits per heavy atom. The highest BCUT2D eigenvalue weighted by molar-refractivity contribution is 5.02. The second-order valence-corrected chi connectivity index (χ2v) is 25.3. The van der Waals surface area contributed by atoms with Crippen molar-refractivity contribution in [3.05, 3.63) is 0 Å². The van der Waals surface area contributed by atoms with Crippen LogP contribution in [0.15, 0.2) is 0 Å². The first kappa shape index (κ1) is 82.2. The zero-order valence-electron chi connectivity index (χ0n) is 52.3. The Balaban J connectivity index is 0.958. The van der Waals surface area contributed by atoms with Gasteiger partial charge >= 0.3 is 0 Å². The normalized spacial score (nSPS) is 53.7. The standard InChI is InChI=1S/C54H92O46/c55-1-10-19(62)28(71)37(80)47(87-10)84-9-18-27(70)36(79)42(97-49-39(82)30(73)21(64)12(3-57)89-49)54(94-18)100-45-35(78)25(68)16(7-61)93-53(45)99-44-34(77)24(67)15(6-60)92-52(44)98-43-33(76)23(66)14(5-59)91-51(43)95-40-31(74)26(69)17(86-46(40)83)8-85-50-41(32(75)22(65)13(4-58)90-50)96-48-38(81)29(72)20(63)11(2-56)88-48/h10-83H,1-9H2/t10-,11-,12-,13-,14-,15-,16-,17-,18-,19-,20-,21-,22-,23-,24-,25-,26-,27-,28+,29+,30+,31+,32+,33+,34+,35+,36+,37-,38+,39+,40+,41-,42-,43-,44-,45-,46?,47-,48-,49-,50-,51+,52+,53+,54+/m1/s1. The van der Waals surface area contributed by atoms with Gasteiger partial charge in [-0.2, -0.15) is 0 Å². The third kappa shape index (κ3) is 17.0. The molecule has 9 aliphatic rings. The molecule has 29 N–H and O–H groups in total. The van der Waals surface area contributed by atoms with Crippen LogP contribution in [0.5, 0.6) is 0 Å². The van der Waals surface area contributed by atoms with Gasteiger partial charge in [0.2, 0.25) is 0 Å². The van der Waals surface area contributed by atoms with Gasteiger partial charge in [0, 0.05) is 0 Å². The molecule has 9 heterocycles. The summed E-state index contributed by atoms with van der Waals surface area (Å²) in [5.41, 5.74) is 0. The van der Waals surface area contributed by atoms with Crippen LogP contribution in [0.1, 0.15) is 0 Å². The summed E-state index contributed by atoms with van der Waals surface area (Å²) in [5.74, 6) is 0. The lowest BCUT2D eigenvalue weighted by Crippen LogP contribution is -2.69. The lowest BCUT2D eigenvalue weighted by Gasteiger charge is -2.51. The second kappa shape index (κ2) is 35.5. The SMILES string of the molecule is OC[C@H]1O[C@H](O[C@H]2[C@H](OC[C@H]3OC(O)[C@@H](O[C@@H]4O[C@H](CO)[C@@H](O)[C@H](O)[C@H]4O[C@@H]4O[C@H](CO)[C@@H](O)[C@H](O)[C@H]4O[C@@H]4O[C@H](CO)[C@@H](O)[C@H](O)[C@H]4O[C@@H]4O[C@H](CO[C@@H]5O[C@H](CO)[C@@H](O)[C@H](O)[C@H]5O)[C@@H](O)[C@H](O)[C@H]4O[C@H]4O[C@H](CO)[C@@H](O)[C@H](O)[C@@H]4O)[C@@H](O)[C@@H]3O)O[C@H](CO)[C@@H](O)[C@@H]2O)[C@@H](O)[C@@H](O)[C@@H]1O. The lowest BCUT2D eigenvalue weighted by molar-refractivity contribution is -0.418. The zero-order chi connectivity index (χ0) is 73.4. The molecular formula is C54H92O46. The van der Waals surface area contributed by atoms with Gasteiger partial charge in [-0.25, -0.2) is 0 Å². The van der Waals surface area contributed by atoms with Gasteiger partial charge in [0.15, 0.2) is 56.6 Å². The van der Waals surface area contributed by atoms with Gasteiger partial charge in [0.25, 0.3) is 0 Å². The fraction of sp³-hybridized carbons (Fsp3) is 1.00. The molecule has 0 amide bonds. The highest BCUT2D eigenvalue weighted by Gasteiger charge is 2.60. The van der Waals surface area contributed by atoms with Crippen molar-refractivity contribution in [1.29, 1.82) is 0 Å². The Morgan fingerprint density at radius 3 is 0.670 bits per heavy atom. The molecule has 1 unspecified atom stereocenters. The minimum Gasteiger partial charge on any atom is -0.394 e. The number of aliphatic hydroxyl groups is 29. The Kier molecular flexibility index (Phi) is 29.2. The molecule has 0 aromatic rings. The van der Waals surface area contributed by atoms with E-state index in [9.17, 15) is 148 Å². The summed E-state index contributed by atoms with van der Waals surface area (Å²) in [7, 11) is 0. The third-order valence-electron chi connectivity index (χ3n) is 18.7. The molecule has 0 spiro atoms. The van der Waals surface area contributed by atoms with E-state index >= 15 is 0 Å². The minimum absolute atomic E-state index is 0.916. The van der Waals surface area contributed by atoms with E-state index in [2.05, 4.69) is 0 Å². The van der Waals surface area contributed by atoms with Gasteiger partial charge in [0.1, 0.15) is 220 Å². The molecule has 9 saturated heterocycles. The largest absolute Gasteiger partial charge is 0.394 e. The van der Waals surface area contributed by atoms with E-state index in [0.717, 1.165) is 0 Å². The van der Waals surface area contributed by atoms with Gasteiger partial charge in [-0.15, -0.1) is 0 Å². The molecule has 0 aliphatic carbocycles. The fourth-order valence-electron chi connectivity index (χ4n) is 12.6. The maximum absolute atomic E-state index is 11.9. The third-order valence-corrected chi connectivity index (χ3v) is 18.7. The summed E-state index contributed by atoms with van der Waals surface area (Å²) in [6.07, 6.45) is -94.9. The van der Waals surface area contributed by atoms with Crippen molar-refractivity contribution < 1.29 is 229 Å². The average Bonchev–Trinajstić information content (AvgIpc) is 0.772. The number of ether oxygens (including phenoxy) is 17. The van der Waals surface area contributed by atoms with E-state index in [0.29, 0.717) is 0 Å². The van der Waals surface area contributed by atoms with Crippen molar-refractivity contribution in [2.75, 3.05) is 59.5 Å². The van der Waals surface area contributed by atoms with Crippen LogP contribution in [0.3, 0.4) is 0 Å². The summed E-state index contributed by atoms with van der Waals surface area (Å²) in [6, 6.07) is 0. The molecule has 0 bridgehead atoms. The molecule has 0 aromatic heterocycles. The average molecular weight is 1480 g/mol. The fourth-order valence-corrected chi connectivity index (χ4v) is 12.6. The molecule has 46 nitrogen and oxygen atoms in total. The molecule has 46 heteroatoms. The van der Waals surface area contributed by atoms with Crippen LogP contribution in [-0.4, -0.2) is 484 Å². The molecular weight excluding hydrogens is 1380 g/mol. The molecule has 9 aliphatic heterocycles. The molecule has 9 fully saturated rings. The van der Waals surface area contributed by atoms with Gasteiger partial charge in [-0.05, 0) is 0 Å². The Bertz CT molecular complexity index is 2450. The smallest absolute Gasteiger partial charge is 0.187 e. The second-order valence-electron chi connectivity index (χ2n) is 25.3. The van der Waals surface area contributed by atoms with E-state index < -0.39 is 336 Å². The van der Waals surface area contributed by atoms with Gasteiger partial charge in [0.05, 0.1) is 59.5 Å². The van der Waals surface area contributed by atoms with Crippen molar-refractivity contribution >= 4 is 0 Å². The van der Waals surface area contributed by atoms with Crippen molar-refractivity contribution in [3.8, 4) is 0 Å². The zero-order valence-corrected chi connectivity index (χ0v) is 52.3. The number of hydrogen-bond acceptors (Lipinski definition) is 46. The highest BCUT2D eigenvalue weighted by atomic mass is 16.8. The summed E-state index contributed by atoms with van der Waals surface area (Å²) in [5, 5.41) is 314. The molecule has 0 saturated carbocycles. The van der Waals surface area contributed by atoms with Crippen molar-refractivity contribution in [3.63, 3.8) is 0 Å². The monoisotopic (exact) mass is 1480 g/mol. The van der Waals surface area contributed by atoms with E-state index in [4.69, 9.17) is 80.5 Å². The quantitative estimate of drug-likeness (QED) is 0.0404. The summed E-state index contributed by atoms with van der Waals surface area (Å²) < 4.78 is 97.3. The molecule has 45 atom stereocenters. The molecule has 9 rings (SSSR count). The number of rotatable bonds is 25. The molecule has 584 valence electrons. The lowest BCUT2D eigenvalue weighted by atomic mass is 9.95. The van der Waals surface area contributed by atoms with Crippen LogP contribution in [0.2, 0.25) is 0 Å². The maximum Gasteiger partial charge on any atom is 0.187 e. The van der Waals surface area contributed by atoms with Crippen LogP contribution in [0.4, 0.5) is 0 Å². The van der Waals surface area contributed by atoms with Crippen LogP contribution >= 0.6 is 0 Å². The van der Waals surface area contributed by atoms with Crippen molar-refractivity contribution in [2.45, 2.75) is 276 Å². The minimum atomic E-state index is -2.43. The van der Waals surface area contributed by atoms with Crippen LogP contribution in [0, 0.1) is 0 Å². The predicted molar refractivity (Wildman–Crippen MR) is 297 cm³/mol. The van der Waals surface area contributed by atoms with Crippen molar-refractivity contribution in [2.24, 2.45) is 0 Å². The van der Waals surface area contributed by atoms with Gasteiger partial charge in [-0.1, -0.05) is 0 Å². The van der Waals surface area contributed by atoms with Crippen LogP contribution in [-0.2, 0) is 80.5 Å². The topological polar surface area (TPSA) is 744 Å².